The van der Waals surface area contributed by atoms with Crippen LogP contribution in [0.3, 0.4) is 0 Å². The Morgan fingerprint density at radius 1 is 1.22 bits per heavy atom. The van der Waals surface area contributed by atoms with E-state index in [9.17, 15) is 4.79 Å². The van der Waals surface area contributed by atoms with Crippen molar-refractivity contribution < 1.29 is 9.22 Å². The van der Waals surface area contributed by atoms with Gasteiger partial charge in [-0.3, -0.25) is 4.79 Å². The fourth-order valence-corrected chi connectivity index (χ4v) is 2.50. The lowest BCUT2D eigenvalue weighted by Gasteiger charge is -2.37. The molecule has 0 heterocycles. The Morgan fingerprint density at radius 2 is 1.78 bits per heavy atom. The van der Waals surface area contributed by atoms with Crippen LogP contribution in [0.25, 0.3) is 0 Å². The van der Waals surface area contributed by atoms with Crippen molar-refractivity contribution in [1.82, 2.24) is 0 Å². The summed E-state index contributed by atoms with van der Waals surface area (Å²) in [4.78, 5) is 11.3. The first-order valence-corrected chi connectivity index (χ1v) is 9.31. The van der Waals surface area contributed by atoms with E-state index in [0.29, 0.717) is 6.42 Å². The van der Waals surface area contributed by atoms with E-state index in [2.05, 4.69) is 33.9 Å². The summed E-state index contributed by atoms with van der Waals surface area (Å²) in [5, 5.41) is 0.163. The fraction of sp³-hybridized carbons (Fsp3) is 0.533. The molecule has 0 aliphatic carbocycles. The lowest BCUT2D eigenvalue weighted by atomic mass is 10.1. The van der Waals surface area contributed by atoms with Crippen LogP contribution in [0.4, 0.5) is 0 Å². The summed E-state index contributed by atoms with van der Waals surface area (Å²) in [5.41, 5.74) is 0.995. The topological polar surface area (TPSA) is 26.3 Å². The third-order valence-corrected chi connectivity index (χ3v) is 7.93. The van der Waals surface area contributed by atoms with Crippen LogP contribution >= 0.6 is 0 Å². The summed E-state index contributed by atoms with van der Waals surface area (Å²) in [6, 6.07) is 7.87. The number of hydrogen-bond acceptors (Lipinski definition) is 2. The van der Waals surface area contributed by atoms with Crippen LogP contribution in [-0.2, 0) is 11.2 Å². The van der Waals surface area contributed by atoms with Gasteiger partial charge >= 0.3 is 0 Å². The van der Waals surface area contributed by atoms with E-state index >= 15 is 0 Å². The number of benzene rings is 1. The molecule has 0 unspecified atom stereocenters. The van der Waals surface area contributed by atoms with Crippen molar-refractivity contribution in [1.29, 1.82) is 0 Å². The first kappa shape index (κ1) is 15.0. The summed E-state index contributed by atoms with van der Waals surface area (Å²) in [6.45, 7) is 12.7. The summed E-state index contributed by atoms with van der Waals surface area (Å²) >= 11 is 0. The minimum absolute atomic E-state index is 0.163. The maximum Gasteiger partial charge on any atom is 0.250 e. The van der Waals surface area contributed by atoms with Crippen LogP contribution in [0.5, 0.6) is 5.75 Å². The van der Waals surface area contributed by atoms with Gasteiger partial charge in [0.1, 0.15) is 11.5 Å². The average molecular weight is 264 g/mol. The molecule has 0 aliphatic heterocycles. The second kappa shape index (κ2) is 5.27. The van der Waals surface area contributed by atoms with E-state index in [0.717, 1.165) is 11.3 Å². The molecule has 0 spiro atoms. The van der Waals surface area contributed by atoms with Crippen LogP contribution < -0.4 is 4.43 Å². The zero-order valence-electron chi connectivity index (χ0n) is 12.3. The molecule has 0 fully saturated rings. The zero-order chi connectivity index (χ0) is 14.0. The lowest BCUT2D eigenvalue weighted by Crippen LogP contribution is -2.44. The summed E-state index contributed by atoms with van der Waals surface area (Å²) in [6.07, 6.45) is 0.449. The second-order valence-electron chi connectivity index (χ2n) is 6.35. The van der Waals surface area contributed by atoms with Gasteiger partial charge < -0.3 is 4.43 Å². The van der Waals surface area contributed by atoms with Crippen molar-refractivity contribution >= 4 is 14.1 Å². The highest BCUT2D eigenvalue weighted by Gasteiger charge is 2.39. The van der Waals surface area contributed by atoms with Gasteiger partial charge in [-0.25, -0.2) is 0 Å². The SMILES string of the molecule is CC(=O)Cc1ccccc1O[Si](C)(C)C(C)(C)C. The monoisotopic (exact) mass is 264 g/mol. The fourth-order valence-electron chi connectivity index (χ4n) is 1.45. The standard InChI is InChI=1S/C15H24O2Si/c1-12(16)11-13-9-7-8-10-14(13)17-18(5,6)15(2,3)4/h7-10H,11H2,1-6H3. The maximum atomic E-state index is 11.3. The molecule has 2 nitrogen and oxygen atoms in total. The predicted octanol–water partition coefficient (Wildman–Crippen LogP) is 4.20. The van der Waals surface area contributed by atoms with Gasteiger partial charge in [-0.1, -0.05) is 39.0 Å². The van der Waals surface area contributed by atoms with Crippen LogP contribution in [-0.4, -0.2) is 14.1 Å². The molecule has 0 aliphatic rings. The Morgan fingerprint density at radius 3 is 2.28 bits per heavy atom. The van der Waals surface area contributed by atoms with Crippen molar-refractivity contribution in [2.75, 3.05) is 0 Å². The smallest absolute Gasteiger partial charge is 0.250 e. The van der Waals surface area contributed by atoms with Crippen molar-refractivity contribution in [3.05, 3.63) is 29.8 Å². The minimum Gasteiger partial charge on any atom is -0.543 e. The highest BCUT2D eigenvalue weighted by molar-refractivity contribution is 6.74. The molecule has 18 heavy (non-hydrogen) atoms. The molecule has 1 aromatic rings. The molecule has 0 amide bonds. The molecule has 0 aromatic heterocycles. The van der Waals surface area contributed by atoms with Gasteiger partial charge in [0.2, 0.25) is 8.32 Å². The van der Waals surface area contributed by atoms with E-state index < -0.39 is 8.32 Å². The van der Waals surface area contributed by atoms with Gasteiger partial charge in [0.25, 0.3) is 0 Å². The predicted molar refractivity (Wildman–Crippen MR) is 78.7 cm³/mol. The van der Waals surface area contributed by atoms with E-state index in [-0.39, 0.29) is 10.8 Å². The van der Waals surface area contributed by atoms with Crippen molar-refractivity contribution in [3.63, 3.8) is 0 Å². The van der Waals surface area contributed by atoms with E-state index in [1.807, 2.05) is 24.3 Å². The van der Waals surface area contributed by atoms with E-state index in [4.69, 9.17) is 4.43 Å². The lowest BCUT2D eigenvalue weighted by molar-refractivity contribution is -0.116. The summed E-state index contributed by atoms with van der Waals surface area (Å²) in [7, 11) is -1.84. The number of hydrogen-bond donors (Lipinski definition) is 0. The van der Waals surface area contributed by atoms with Crippen molar-refractivity contribution in [2.45, 2.75) is 52.2 Å². The molecule has 1 aromatic carbocycles. The largest absolute Gasteiger partial charge is 0.543 e. The summed E-state index contributed by atoms with van der Waals surface area (Å²) < 4.78 is 6.28. The number of Topliss-reactive ketones (excluding diaryl/α,β-unsaturated/α-hetero) is 1. The van der Waals surface area contributed by atoms with Gasteiger partial charge in [0, 0.05) is 12.0 Å². The quantitative estimate of drug-likeness (QED) is 0.762. The van der Waals surface area contributed by atoms with Gasteiger partial charge in [0.15, 0.2) is 0 Å². The zero-order valence-corrected chi connectivity index (χ0v) is 13.3. The highest BCUT2D eigenvalue weighted by atomic mass is 28.4. The van der Waals surface area contributed by atoms with Gasteiger partial charge in [0.05, 0.1) is 0 Å². The highest BCUT2D eigenvalue weighted by Crippen LogP contribution is 2.38. The molecule has 3 heteroatoms. The number of ketones is 1. The van der Waals surface area contributed by atoms with Crippen LogP contribution in [0.15, 0.2) is 24.3 Å². The van der Waals surface area contributed by atoms with Gasteiger partial charge in [-0.2, -0.15) is 0 Å². The van der Waals surface area contributed by atoms with Crippen LogP contribution in [0.2, 0.25) is 18.1 Å². The summed E-state index contributed by atoms with van der Waals surface area (Å²) in [5.74, 6) is 1.04. The molecule has 0 N–H and O–H groups in total. The Balaban J connectivity index is 3.01. The van der Waals surface area contributed by atoms with Crippen molar-refractivity contribution in [2.24, 2.45) is 0 Å². The van der Waals surface area contributed by atoms with E-state index in [1.54, 1.807) is 6.92 Å². The van der Waals surface area contributed by atoms with Crippen LogP contribution in [0.1, 0.15) is 33.3 Å². The normalized spacial score (nSPS) is 12.3. The minimum atomic E-state index is -1.84. The average Bonchev–Trinajstić information content (AvgIpc) is 2.18. The Bertz CT molecular complexity index is 430. The molecule has 0 radical (unpaired) electrons. The first-order chi connectivity index (χ1) is 8.13. The maximum absolute atomic E-state index is 11.3. The number of carbonyl (C=O) groups is 1. The third kappa shape index (κ3) is 3.70. The Kier molecular flexibility index (Phi) is 4.38. The van der Waals surface area contributed by atoms with Crippen LogP contribution in [0, 0.1) is 0 Å². The van der Waals surface area contributed by atoms with E-state index in [1.165, 1.54) is 0 Å². The van der Waals surface area contributed by atoms with Gasteiger partial charge in [-0.15, -0.1) is 0 Å². The van der Waals surface area contributed by atoms with Gasteiger partial charge in [-0.05, 0) is 31.1 Å². The number of rotatable bonds is 4. The molecule has 0 saturated heterocycles. The molecular weight excluding hydrogens is 240 g/mol. The molecule has 100 valence electrons. The molecular formula is C15H24O2Si. The Hall–Kier alpha value is -1.09. The van der Waals surface area contributed by atoms with Crippen molar-refractivity contribution in [3.8, 4) is 5.75 Å². The Labute approximate surface area is 111 Å². The first-order valence-electron chi connectivity index (χ1n) is 6.40. The molecule has 0 saturated carbocycles. The molecule has 0 bridgehead atoms. The third-order valence-electron chi connectivity index (χ3n) is 3.58. The second-order valence-corrected chi connectivity index (χ2v) is 11.1. The number of para-hydroxylation sites is 1. The number of carbonyl (C=O) groups excluding carboxylic acids is 1. The molecule has 1 rings (SSSR count). The molecule has 0 atom stereocenters.